The smallest absolute Gasteiger partial charge is 0.137 e. The Morgan fingerprint density at radius 2 is 1.62 bits per heavy atom. The lowest BCUT2D eigenvalue weighted by molar-refractivity contribution is 0.616. The number of nitrogens with zero attached hydrogens (tertiary/aromatic N) is 1. The van der Waals surface area contributed by atoms with Gasteiger partial charge in [0, 0.05) is 33.8 Å². The van der Waals surface area contributed by atoms with Gasteiger partial charge in [0.1, 0.15) is 11.4 Å². The highest BCUT2D eigenvalue weighted by Crippen LogP contribution is 2.31. The predicted molar refractivity (Wildman–Crippen MR) is 105 cm³/mol. The molecule has 0 unspecified atom stereocenters. The summed E-state index contributed by atoms with van der Waals surface area (Å²) in [5.41, 5.74) is 9.45. The van der Waals surface area contributed by atoms with E-state index in [2.05, 4.69) is 64.3 Å². The van der Waals surface area contributed by atoms with Crippen molar-refractivity contribution in [3.05, 3.63) is 95.6 Å². The maximum atomic E-state index is 5.62. The van der Waals surface area contributed by atoms with Gasteiger partial charge in [0.2, 0.25) is 0 Å². The van der Waals surface area contributed by atoms with Crippen LogP contribution in [0, 0.1) is 0 Å². The average molecular weight is 339 g/mol. The van der Waals surface area contributed by atoms with Gasteiger partial charge in [-0.2, -0.15) is 0 Å². The Labute approximate surface area is 150 Å². The van der Waals surface area contributed by atoms with Crippen LogP contribution in [0.3, 0.4) is 0 Å². The van der Waals surface area contributed by atoms with Crippen molar-refractivity contribution in [2.75, 3.05) is 4.90 Å². The zero-order chi connectivity index (χ0) is 17.3. The number of hydrogen-bond acceptors (Lipinski definition) is 4. The first-order chi connectivity index (χ1) is 12.9. The fourth-order valence-electron chi connectivity index (χ4n) is 3.33. The van der Waals surface area contributed by atoms with Gasteiger partial charge < -0.3 is 9.84 Å². The van der Waals surface area contributed by atoms with Gasteiger partial charge >= 0.3 is 0 Å². The maximum absolute atomic E-state index is 5.62. The fourth-order valence-corrected chi connectivity index (χ4v) is 3.33. The van der Waals surface area contributed by atoms with Crippen LogP contribution in [0.2, 0.25) is 0 Å². The first-order valence-electron chi connectivity index (χ1n) is 8.54. The second kappa shape index (κ2) is 6.01. The van der Waals surface area contributed by atoms with Gasteiger partial charge in [-0.1, -0.05) is 42.5 Å². The Bertz CT molecular complexity index is 1190. The second-order valence-electron chi connectivity index (χ2n) is 6.16. The standard InChI is InChI=1S/C22H17N3O/c1-2-7-18(8-3-1)25(19-11-10-16-12-13-26-21(16)14-19)22-20-9-5-4-6-17(20)15-23-24-22/h1-15,23-24H. The van der Waals surface area contributed by atoms with E-state index in [9.17, 15) is 0 Å². The fraction of sp³-hybridized carbons (Fsp3) is 0. The first-order valence-corrected chi connectivity index (χ1v) is 8.54. The van der Waals surface area contributed by atoms with Crippen molar-refractivity contribution in [3.8, 4) is 0 Å². The summed E-state index contributed by atoms with van der Waals surface area (Å²) >= 11 is 0. The molecule has 0 atom stereocenters. The monoisotopic (exact) mass is 339 g/mol. The quantitative estimate of drug-likeness (QED) is 0.601. The summed E-state index contributed by atoms with van der Waals surface area (Å²) in [5, 5.41) is 3.37. The van der Waals surface area contributed by atoms with Crippen LogP contribution >= 0.6 is 0 Å². The molecule has 0 aliphatic carbocycles. The van der Waals surface area contributed by atoms with Crippen molar-refractivity contribution in [2.24, 2.45) is 0 Å². The van der Waals surface area contributed by atoms with Gasteiger partial charge in [0.05, 0.1) is 12.0 Å². The first kappa shape index (κ1) is 14.7. The molecule has 2 N–H and O–H groups in total. The molecule has 26 heavy (non-hydrogen) atoms. The van der Waals surface area contributed by atoms with Crippen LogP contribution in [-0.2, 0) is 0 Å². The van der Waals surface area contributed by atoms with Crippen LogP contribution in [0.25, 0.3) is 23.0 Å². The van der Waals surface area contributed by atoms with E-state index in [0.29, 0.717) is 0 Å². The molecule has 5 rings (SSSR count). The van der Waals surface area contributed by atoms with Crippen LogP contribution in [-0.4, -0.2) is 0 Å². The largest absolute Gasteiger partial charge is 0.464 e. The number of fused-ring (bicyclic) bond motifs is 2. The summed E-state index contributed by atoms with van der Waals surface area (Å²) in [6, 6.07) is 26.9. The third-order valence-electron chi connectivity index (χ3n) is 4.57. The Morgan fingerprint density at radius 1 is 0.769 bits per heavy atom. The summed E-state index contributed by atoms with van der Waals surface area (Å²) in [6.07, 6.45) is 3.69. The Hall–Kier alpha value is -3.66. The van der Waals surface area contributed by atoms with Crippen molar-refractivity contribution >= 4 is 34.4 Å². The topological polar surface area (TPSA) is 40.4 Å². The molecule has 1 aliphatic heterocycles. The molecule has 0 spiro atoms. The molecular formula is C22H17N3O. The predicted octanol–water partition coefficient (Wildman–Crippen LogP) is 3.18. The van der Waals surface area contributed by atoms with Crippen LogP contribution in [0.4, 0.5) is 11.4 Å². The molecule has 4 heteroatoms. The maximum Gasteiger partial charge on any atom is 0.137 e. The van der Waals surface area contributed by atoms with Crippen LogP contribution in [0.5, 0.6) is 0 Å². The summed E-state index contributed by atoms with van der Waals surface area (Å²) in [7, 11) is 0. The Kier molecular flexibility index (Phi) is 3.39. The third-order valence-corrected chi connectivity index (χ3v) is 4.57. The van der Waals surface area contributed by atoms with Crippen molar-refractivity contribution < 1.29 is 4.42 Å². The van der Waals surface area contributed by atoms with E-state index in [1.165, 1.54) is 0 Å². The second-order valence-corrected chi connectivity index (χ2v) is 6.16. The number of rotatable bonds is 3. The molecule has 0 saturated carbocycles. The van der Waals surface area contributed by atoms with Crippen molar-refractivity contribution in [3.63, 3.8) is 0 Å². The van der Waals surface area contributed by atoms with Crippen molar-refractivity contribution in [1.82, 2.24) is 10.9 Å². The average Bonchev–Trinajstić information content (AvgIpc) is 3.17. The number of furan rings is 1. The Balaban J connectivity index is 1.80. The SMILES string of the molecule is C1=c2ccccc2=C(N(c2ccccc2)c2ccc3ccoc3c2)NN1. The van der Waals surface area contributed by atoms with E-state index in [0.717, 1.165) is 38.6 Å². The lowest BCUT2D eigenvalue weighted by Crippen LogP contribution is -2.48. The minimum atomic E-state index is 0.868. The highest BCUT2D eigenvalue weighted by atomic mass is 16.3. The van der Waals surface area contributed by atoms with Crippen LogP contribution in [0.1, 0.15) is 0 Å². The van der Waals surface area contributed by atoms with Gasteiger partial charge in [-0.3, -0.25) is 10.3 Å². The van der Waals surface area contributed by atoms with Crippen molar-refractivity contribution in [2.45, 2.75) is 0 Å². The van der Waals surface area contributed by atoms with Gasteiger partial charge in [-0.25, -0.2) is 0 Å². The normalized spacial score (nSPS) is 12.7. The number of benzene rings is 3. The van der Waals surface area contributed by atoms with E-state index in [-0.39, 0.29) is 0 Å². The van der Waals surface area contributed by atoms with Crippen molar-refractivity contribution in [1.29, 1.82) is 0 Å². The molecule has 0 radical (unpaired) electrons. The highest BCUT2D eigenvalue weighted by molar-refractivity contribution is 5.87. The number of para-hydroxylation sites is 1. The van der Waals surface area contributed by atoms with Crippen LogP contribution in [0.15, 0.2) is 89.5 Å². The van der Waals surface area contributed by atoms with Gasteiger partial charge in [0.15, 0.2) is 0 Å². The van der Waals surface area contributed by atoms with Gasteiger partial charge in [-0.15, -0.1) is 0 Å². The zero-order valence-electron chi connectivity index (χ0n) is 14.0. The van der Waals surface area contributed by atoms with E-state index in [4.69, 9.17) is 4.42 Å². The molecule has 126 valence electrons. The summed E-state index contributed by atoms with van der Waals surface area (Å²) in [4.78, 5) is 2.20. The lowest BCUT2D eigenvalue weighted by Gasteiger charge is -2.30. The number of hydrogen-bond donors (Lipinski definition) is 2. The molecule has 0 amide bonds. The van der Waals surface area contributed by atoms with Gasteiger partial charge in [0.25, 0.3) is 0 Å². The number of hydrazine groups is 1. The van der Waals surface area contributed by atoms with E-state index in [1.807, 2.05) is 36.5 Å². The summed E-state index contributed by atoms with van der Waals surface area (Å²) < 4.78 is 5.62. The number of nitrogens with one attached hydrogen (secondary N) is 2. The molecule has 0 bridgehead atoms. The Morgan fingerprint density at radius 3 is 2.54 bits per heavy atom. The highest BCUT2D eigenvalue weighted by Gasteiger charge is 2.18. The van der Waals surface area contributed by atoms with E-state index in [1.54, 1.807) is 6.26 Å². The van der Waals surface area contributed by atoms with Crippen LogP contribution < -0.4 is 26.2 Å². The molecule has 3 aromatic carbocycles. The lowest BCUT2D eigenvalue weighted by atomic mass is 10.1. The molecule has 0 fully saturated rings. The molecule has 4 nitrogen and oxygen atoms in total. The molecule has 4 aromatic rings. The molecule has 1 aromatic heterocycles. The minimum absolute atomic E-state index is 0.868. The molecule has 0 saturated heterocycles. The molecule has 2 heterocycles. The van der Waals surface area contributed by atoms with E-state index < -0.39 is 0 Å². The summed E-state index contributed by atoms with van der Waals surface area (Å²) in [5.74, 6) is 0.972. The molecule has 1 aliphatic rings. The minimum Gasteiger partial charge on any atom is -0.464 e. The zero-order valence-corrected chi connectivity index (χ0v) is 14.0. The summed E-state index contributed by atoms with van der Waals surface area (Å²) in [6.45, 7) is 0. The van der Waals surface area contributed by atoms with E-state index >= 15 is 0 Å². The van der Waals surface area contributed by atoms with Gasteiger partial charge in [-0.05, 0) is 30.3 Å². The molecular weight excluding hydrogens is 322 g/mol. The number of anilines is 2. The third kappa shape index (κ3) is 2.40.